The van der Waals surface area contributed by atoms with Crippen molar-refractivity contribution in [2.75, 3.05) is 26.4 Å². The summed E-state index contributed by atoms with van der Waals surface area (Å²) in [6.07, 6.45) is 47.8. The van der Waals surface area contributed by atoms with Gasteiger partial charge in [-0.1, -0.05) is 140 Å². The Morgan fingerprint density at radius 2 is 1.04 bits per heavy atom. The van der Waals surface area contributed by atoms with Crippen molar-refractivity contribution in [3.8, 4) is 0 Å². The van der Waals surface area contributed by atoms with Crippen molar-refractivity contribution in [2.45, 2.75) is 193 Å². The first-order chi connectivity index (χ1) is 25.4. The molecule has 2 atom stereocenters. The first kappa shape index (κ1) is 50.3. The largest absolute Gasteiger partial charge is 0.498 e. The third-order valence-electron chi connectivity index (χ3n) is 8.78. The first-order valence-corrected chi connectivity index (χ1v) is 22.7. The van der Waals surface area contributed by atoms with E-state index in [0.717, 1.165) is 44.9 Å². The highest BCUT2D eigenvalue weighted by molar-refractivity contribution is 7.47. The summed E-state index contributed by atoms with van der Waals surface area (Å²) < 4.78 is 33.1. The van der Waals surface area contributed by atoms with Crippen molar-refractivity contribution in [1.82, 2.24) is 0 Å². The van der Waals surface area contributed by atoms with E-state index in [1.165, 1.54) is 122 Å². The summed E-state index contributed by atoms with van der Waals surface area (Å²) in [7, 11) is -4.30. The molecule has 52 heavy (non-hydrogen) atoms. The topological polar surface area (TPSA) is 117 Å². The van der Waals surface area contributed by atoms with Gasteiger partial charge in [-0.3, -0.25) is 13.8 Å². The van der Waals surface area contributed by atoms with Gasteiger partial charge in [0.1, 0.15) is 6.61 Å². The molecule has 0 fully saturated rings. The maximum atomic E-state index is 12.6. The minimum Gasteiger partial charge on any atom is -0.498 e. The smallest absolute Gasteiger partial charge is 0.472 e. The van der Waals surface area contributed by atoms with Crippen LogP contribution >= 0.6 is 7.82 Å². The molecule has 0 bridgehead atoms. The summed E-state index contributed by atoms with van der Waals surface area (Å²) in [6.45, 7) is 4.19. The van der Waals surface area contributed by atoms with Gasteiger partial charge in [-0.2, -0.15) is 0 Å². The number of rotatable bonds is 40. The van der Waals surface area contributed by atoms with Crippen LogP contribution < -0.4 is 5.73 Å². The van der Waals surface area contributed by atoms with Crippen LogP contribution in [-0.2, 0) is 27.9 Å². The summed E-state index contributed by atoms with van der Waals surface area (Å²) >= 11 is 0. The molecule has 0 rings (SSSR count). The predicted octanol–water partition coefficient (Wildman–Crippen LogP) is 12.8. The van der Waals surface area contributed by atoms with Crippen LogP contribution in [0.5, 0.6) is 0 Å². The molecule has 3 N–H and O–H groups in total. The molecule has 0 aliphatic carbocycles. The molecule has 0 radical (unpaired) electrons. The second-order valence-corrected chi connectivity index (χ2v) is 15.4. The van der Waals surface area contributed by atoms with E-state index in [1.807, 2.05) is 6.08 Å². The number of esters is 1. The summed E-state index contributed by atoms with van der Waals surface area (Å²) in [4.78, 5) is 22.4. The van der Waals surface area contributed by atoms with Gasteiger partial charge in [0, 0.05) is 13.0 Å². The fourth-order valence-electron chi connectivity index (χ4n) is 5.63. The molecular weight excluding hydrogens is 673 g/mol. The van der Waals surface area contributed by atoms with Gasteiger partial charge in [-0.25, -0.2) is 4.57 Å². The van der Waals surface area contributed by atoms with Gasteiger partial charge in [-0.05, 0) is 83.1 Å². The number of phosphoric acid groups is 1. The standard InChI is InChI=1S/C43H80NO7P/c1-3-5-7-9-11-13-15-17-19-21-22-24-26-28-30-32-34-36-43(45)51-42(41-50-52(46,47)49-39-37-44)40-48-38-35-33-31-29-27-25-23-20-18-16-14-12-10-8-6-4-2/h11,13-14,16-17,19,35,38,42H,3-10,12,15,18,20-34,36-37,39-41,44H2,1-2H3,(H,46,47)/t42-/m1/s1. The lowest BCUT2D eigenvalue weighted by Crippen LogP contribution is -2.27. The van der Waals surface area contributed by atoms with Crippen LogP contribution in [0.15, 0.2) is 48.8 Å². The predicted molar refractivity (Wildman–Crippen MR) is 219 cm³/mol. The lowest BCUT2D eigenvalue weighted by atomic mass is 10.1. The number of nitrogens with two attached hydrogens (primary N) is 1. The molecule has 0 spiro atoms. The molecule has 0 aromatic rings. The van der Waals surface area contributed by atoms with Gasteiger partial charge in [0.15, 0.2) is 6.10 Å². The number of hydrogen-bond acceptors (Lipinski definition) is 7. The van der Waals surface area contributed by atoms with Crippen molar-refractivity contribution in [3.63, 3.8) is 0 Å². The number of phosphoric ester groups is 1. The third-order valence-corrected chi connectivity index (χ3v) is 9.77. The Labute approximate surface area is 320 Å². The molecule has 9 heteroatoms. The van der Waals surface area contributed by atoms with E-state index < -0.39 is 13.9 Å². The third kappa shape index (κ3) is 39.5. The van der Waals surface area contributed by atoms with Gasteiger partial charge in [0.05, 0.1) is 19.5 Å². The summed E-state index contributed by atoms with van der Waals surface area (Å²) in [6, 6.07) is 0. The van der Waals surface area contributed by atoms with Crippen LogP contribution in [0.25, 0.3) is 0 Å². The average molecular weight is 754 g/mol. The SMILES string of the molecule is CCCCCC=CCC=CCCCCCCCCCC(=O)O[C@H](COC=CCCCCCCCCC=CCCCCCC)COP(=O)(O)OCCN. The monoisotopic (exact) mass is 754 g/mol. The first-order valence-electron chi connectivity index (χ1n) is 21.2. The Morgan fingerprint density at radius 1 is 0.596 bits per heavy atom. The van der Waals surface area contributed by atoms with E-state index in [0.29, 0.717) is 6.42 Å². The maximum absolute atomic E-state index is 12.6. The molecule has 8 nitrogen and oxygen atoms in total. The van der Waals surface area contributed by atoms with E-state index in [-0.39, 0.29) is 32.3 Å². The number of hydrogen-bond donors (Lipinski definition) is 2. The molecular formula is C43H80NO7P. The molecule has 0 heterocycles. The Balaban J connectivity index is 4.12. The minimum atomic E-state index is -4.30. The van der Waals surface area contributed by atoms with E-state index in [9.17, 15) is 14.3 Å². The van der Waals surface area contributed by atoms with Crippen molar-refractivity contribution in [3.05, 3.63) is 48.8 Å². The molecule has 0 aliphatic heterocycles. The molecule has 0 saturated carbocycles. The number of allylic oxidation sites excluding steroid dienone is 7. The summed E-state index contributed by atoms with van der Waals surface area (Å²) in [5, 5.41) is 0. The average Bonchev–Trinajstić information content (AvgIpc) is 3.13. The minimum absolute atomic E-state index is 0.0251. The van der Waals surface area contributed by atoms with E-state index in [1.54, 1.807) is 6.26 Å². The van der Waals surface area contributed by atoms with Crippen molar-refractivity contribution in [2.24, 2.45) is 5.73 Å². The molecule has 0 saturated heterocycles. The van der Waals surface area contributed by atoms with Crippen LogP contribution in [-0.4, -0.2) is 43.3 Å². The highest BCUT2D eigenvalue weighted by Gasteiger charge is 2.25. The highest BCUT2D eigenvalue weighted by atomic mass is 31.2. The number of carbonyl (C=O) groups excluding carboxylic acids is 1. The molecule has 0 amide bonds. The maximum Gasteiger partial charge on any atom is 0.472 e. The fourth-order valence-corrected chi connectivity index (χ4v) is 6.40. The van der Waals surface area contributed by atoms with Crippen molar-refractivity contribution < 1.29 is 32.8 Å². The quantitative estimate of drug-likeness (QED) is 0.0209. The van der Waals surface area contributed by atoms with Gasteiger partial charge in [0.25, 0.3) is 0 Å². The lowest BCUT2D eigenvalue weighted by Gasteiger charge is -2.19. The molecule has 1 unspecified atom stereocenters. The van der Waals surface area contributed by atoms with Crippen molar-refractivity contribution >= 4 is 13.8 Å². The number of carbonyl (C=O) groups is 1. The number of unbranched alkanes of at least 4 members (excludes halogenated alkanes) is 21. The Hall–Kier alpha value is -1.70. The van der Waals surface area contributed by atoms with E-state index in [2.05, 4.69) is 50.3 Å². The van der Waals surface area contributed by atoms with Crippen LogP contribution in [0.2, 0.25) is 0 Å². The Morgan fingerprint density at radius 3 is 1.58 bits per heavy atom. The normalized spacial score (nSPS) is 13.9. The molecule has 304 valence electrons. The molecule has 0 aromatic heterocycles. The zero-order chi connectivity index (χ0) is 38.1. The summed E-state index contributed by atoms with van der Waals surface area (Å²) in [5.74, 6) is -0.363. The second-order valence-electron chi connectivity index (χ2n) is 13.9. The fraction of sp³-hybridized carbons (Fsp3) is 0.791. The van der Waals surface area contributed by atoms with Gasteiger partial charge < -0.3 is 20.1 Å². The molecule has 0 aliphatic rings. The van der Waals surface area contributed by atoms with Crippen molar-refractivity contribution in [1.29, 1.82) is 0 Å². The van der Waals surface area contributed by atoms with Gasteiger partial charge in [-0.15, -0.1) is 0 Å². The Bertz CT molecular complexity index is 936. The Kier molecular flexibility index (Phi) is 39.2. The van der Waals surface area contributed by atoms with Crippen LogP contribution in [0.4, 0.5) is 0 Å². The van der Waals surface area contributed by atoms with Crippen LogP contribution in [0, 0.1) is 0 Å². The van der Waals surface area contributed by atoms with Crippen LogP contribution in [0.1, 0.15) is 187 Å². The van der Waals surface area contributed by atoms with Crippen LogP contribution in [0.3, 0.4) is 0 Å². The highest BCUT2D eigenvalue weighted by Crippen LogP contribution is 2.43. The zero-order valence-corrected chi connectivity index (χ0v) is 34.4. The van der Waals surface area contributed by atoms with Gasteiger partial charge >= 0.3 is 13.8 Å². The van der Waals surface area contributed by atoms with E-state index in [4.69, 9.17) is 24.3 Å². The molecule has 0 aromatic carbocycles. The van der Waals surface area contributed by atoms with Gasteiger partial charge in [0.2, 0.25) is 0 Å². The van der Waals surface area contributed by atoms with E-state index >= 15 is 0 Å². The zero-order valence-electron chi connectivity index (χ0n) is 33.5. The number of ether oxygens (including phenoxy) is 2. The lowest BCUT2D eigenvalue weighted by molar-refractivity contribution is -0.153. The summed E-state index contributed by atoms with van der Waals surface area (Å²) in [5.41, 5.74) is 5.36. The second kappa shape index (κ2) is 40.5.